The summed E-state index contributed by atoms with van der Waals surface area (Å²) in [5.41, 5.74) is 1.70. The lowest BCUT2D eigenvalue weighted by atomic mass is 10.1. The number of carbonyl (C=O) groups excluding carboxylic acids is 2. The number of hydrogen-bond acceptors (Lipinski definition) is 4. The summed E-state index contributed by atoms with van der Waals surface area (Å²) in [6, 6.07) is 3.94. The number of halogens is 2. The number of hydrogen-bond donors (Lipinski definition) is 1. The zero-order valence-electron chi connectivity index (χ0n) is 13.7. The molecule has 0 aliphatic heterocycles. The minimum absolute atomic E-state index is 0.290. The number of ketones is 1. The summed E-state index contributed by atoms with van der Waals surface area (Å²) in [5.74, 6) is -0.879. The van der Waals surface area contributed by atoms with E-state index in [9.17, 15) is 14.0 Å². The van der Waals surface area contributed by atoms with E-state index in [1.807, 2.05) is 0 Å². The van der Waals surface area contributed by atoms with Gasteiger partial charge in [-0.05, 0) is 60.5 Å². The molecule has 0 amide bonds. The van der Waals surface area contributed by atoms with Crippen LogP contribution in [0.3, 0.4) is 0 Å². The fourth-order valence-corrected chi connectivity index (χ4v) is 2.87. The van der Waals surface area contributed by atoms with Crippen LogP contribution >= 0.6 is 15.9 Å². The third kappa shape index (κ3) is 3.51. The number of H-pyrrole nitrogens is 1. The van der Waals surface area contributed by atoms with Crippen LogP contribution in [0.4, 0.5) is 4.39 Å². The van der Waals surface area contributed by atoms with Crippen LogP contribution in [0.25, 0.3) is 0 Å². The maximum Gasteiger partial charge on any atom is 0.339 e. The van der Waals surface area contributed by atoms with E-state index in [1.165, 1.54) is 25.3 Å². The highest BCUT2D eigenvalue weighted by molar-refractivity contribution is 9.10. The fourth-order valence-electron chi connectivity index (χ4n) is 2.42. The predicted octanol–water partition coefficient (Wildman–Crippen LogP) is 3.97. The third-order valence-corrected chi connectivity index (χ3v) is 4.26. The Balaban J connectivity index is 2.27. The SMILES string of the molecule is COC(=O)c1c(C)[nH]c(C(=O)[C@H](C)Oc2ccc(F)cc2Br)c1C. The molecule has 0 saturated heterocycles. The minimum Gasteiger partial charge on any atom is -0.481 e. The van der Waals surface area contributed by atoms with Gasteiger partial charge in [0.1, 0.15) is 11.6 Å². The molecule has 1 aromatic heterocycles. The standard InChI is InChI=1S/C17H17BrFNO4/c1-8-14(17(22)23-4)9(2)20-15(8)16(21)10(3)24-13-6-5-11(19)7-12(13)18/h5-7,10,20H,1-4H3/t10-/m0/s1. The summed E-state index contributed by atoms with van der Waals surface area (Å²) in [4.78, 5) is 27.3. The highest BCUT2D eigenvalue weighted by Crippen LogP contribution is 2.27. The first-order valence-electron chi connectivity index (χ1n) is 7.19. The van der Waals surface area contributed by atoms with E-state index in [2.05, 4.69) is 20.9 Å². The minimum atomic E-state index is -0.825. The summed E-state index contributed by atoms with van der Waals surface area (Å²) < 4.78 is 23.9. The van der Waals surface area contributed by atoms with Crippen LogP contribution in [0.5, 0.6) is 5.75 Å². The van der Waals surface area contributed by atoms with E-state index < -0.39 is 17.9 Å². The van der Waals surface area contributed by atoms with Crippen molar-refractivity contribution in [3.05, 3.63) is 51.0 Å². The lowest BCUT2D eigenvalue weighted by Gasteiger charge is -2.15. The van der Waals surface area contributed by atoms with Crippen molar-refractivity contribution in [1.29, 1.82) is 0 Å². The van der Waals surface area contributed by atoms with Crippen LogP contribution in [0.15, 0.2) is 22.7 Å². The van der Waals surface area contributed by atoms with E-state index in [-0.39, 0.29) is 5.78 Å². The second-order valence-corrected chi connectivity index (χ2v) is 6.17. The molecule has 7 heteroatoms. The first kappa shape index (κ1) is 18.2. The van der Waals surface area contributed by atoms with E-state index >= 15 is 0 Å². The van der Waals surface area contributed by atoms with Gasteiger partial charge in [0.2, 0.25) is 5.78 Å². The molecule has 0 aliphatic carbocycles. The molecule has 1 aromatic carbocycles. The van der Waals surface area contributed by atoms with Gasteiger partial charge in [0.15, 0.2) is 6.10 Å². The number of methoxy groups -OCH3 is 1. The smallest absolute Gasteiger partial charge is 0.339 e. The zero-order chi connectivity index (χ0) is 18.0. The molecule has 2 aromatic rings. The molecule has 0 spiro atoms. The van der Waals surface area contributed by atoms with Crippen molar-refractivity contribution in [2.24, 2.45) is 0 Å². The van der Waals surface area contributed by atoms with Crippen molar-refractivity contribution in [1.82, 2.24) is 4.98 Å². The molecule has 5 nitrogen and oxygen atoms in total. The molecule has 2 rings (SSSR count). The maximum absolute atomic E-state index is 13.1. The first-order valence-corrected chi connectivity index (χ1v) is 7.99. The predicted molar refractivity (Wildman–Crippen MR) is 90.1 cm³/mol. The molecule has 0 aliphatic rings. The first-order chi connectivity index (χ1) is 11.3. The highest BCUT2D eigenvalue weighted by Gasteiger charge is 2.26. The van der Waals surface area contributed by atoms with Crippen LogP contribution in [-0.2, 0) is 4.74 Å². The molecular weight excluding hydrogens is 381 g/mol. The quantitative estimate of drug-likeness (QED) is 0.612. The molecule has 1 heterocycles. The number of carbonyl (C=O) groups is 2. The number of ether oxygens (including phenoxy) is 2. The lowest BCUT2D eigenvalue weighted by molar-refractivity contribution is 0.0599. The summed E-state index contributed by atoms with van der Waals surface area (Å²) in [7, 11) is 1.29. The number of aromatic nitrogens is 1. The Morgan fingerprint density at radius 3 is 2.54 bits per heavy atom. The summed E-state index contributed by atoms with van der Waals surface area (Å²) in [5, 5.41) is 0. The van der Waals surface area contributed by atoms with Gasteiger partial charge in [0.25, 0.3) is 0 Å². The highest BCUT2D eigenvalue weighted by atomic mass is 79.9. The van der Waals surface area contributed by atoms with Crippen LogP contribution in [-0.4, -0.2) is 30.0 Å². The Labute approximate surface area is 147 Å². The number of nitrogens with one attached hydrogen (secondary N) is 1. The number of Topliss-reactive ketones (excluding diaryl/α,β-unsaturated/α-hetero) is 1. The van der Waals surface area contributed by atoms with E-state index in [1.54, 1.807) is 20.8 Å². The van der Waals surface area contributed by atoms with Gasteiger partial charge in [-0.3, -0.25) is 4.79 Å². The number of rotatable bonds is 5. The van der Waals surface area contributed by atoms with Gasteiger partial charge >= 0.3 is 5.97 Å². The van der Waals surface area contributed by atoms with Gasteiger partial charge in [0, 0.05) is 5.69 Å². The summed E-state index contributed by atoms with van der Waals surface area (Å²) >= 11 is 3.19. The molecule has 24 heavy (non-hydrogen) atoms. The second-order valence-electron chi connectivity index (χ2n) is 5.32. The number of aryl methyl sites for hydroxylation is 1. The molecule has 128 valence electrons. The van der Waals surface area contributed by atoms with Crippen molar-refractivity contribution in [3.8, 4) is 5.75 Å². The molecule has 0 fully saturated rings. The topological polar surface area (TPSA) is 68.4 Å². The molecule has 1 atom stereocenters. The van der Waals surface area contributed by atoms with Gasteiger partial charge < -0.3 is 14.5 Å². The van der Waals surface area contributed by atoms with E-state index in [4.69, 9.17) is 9.47 Å². The van der Waals surface area contributed by atoms with Gasteiger partial charge in [-0.25, -0.2) is 9.18 Å². The lowest BCUT2D eigenvalue weighted by Crippen LogP contribution is -2.25. The van der Waals surface area contributed by atoms with Gasteiger partial charge in [-0.2, -0.15) is 0 Å². The monoisotopic (exact) mass is 397 g/mol. The Hall–Kier alpha value is -2.15. The second kappa shape index (κ2) is 7.17. The van der Waals surface area contributed by atoms with Crippen LogP contribution < -0.4 is 4.74 Å². The number of esters is 1. The van der Waals surface area contributed by atoms with Crippen LogP contribution in [0.1, 0.15) is 39.0 Å². The third-order valence-electron chi connectivity index (χ3n) is 3.64. The Morgan fingerprint density at radius 2 is 1.96 bits per heavy atom. The van der Waals surface area contributed by atoms with E-state index in [0.717, 1.165) is 0 Å². The Morgan fingerprint density at radius 1 is 1.29 bits per heavy atom. The average molecular weight is 398 g/mol. The van der Waals surface area contributed by atoms with Crippen molar-refractivity contribution in [2.75, 3.05) is 7.11 Å². The fraction of sp³-hybridized carbons (Fsp3) is 0.294. The molecule has 0 saturated carbocycles. The average Bonchev–Trinajstić information content (AvgIpc) is 2.83. The maximum atomic E-state index is 13.1. The van der Waals surface area contributed by atoms with Crippen LogP contribution in [0, 0.1) is 19.7 Å². The van der Waals surface area contributed by atoms with Crippen molar-refractivity contribution in [3.63, 3.8) is 0 Å². The number of aromatic amines is 1. The van der Waals surface area contributed by atoms with Gasteiger partial charge in [-0.1, -0.05) is 0 Å². The Kier molecular flexibility index (Phi) is 5.43. The molecule has 0 bridgehead atoms. The molecule has 0 unspecified atom stereocenters. The van der Waals surface area contributed by atoms with Crippen molar-refractivity contribution in [2.45, 2.75) is 26.9 Å². The Bertz CT molecular complexity index is 800. The van der Waals surface area contributed by atoms with Crippen molar-refractivity contribution < 1.29 is 23.5 Å². The zero-order valence-corrected chi connectivity index (χ0v) is 15.3. The van der Waals surface area contributed by atoms with Gasteiger partial charge in [-0.15, -0.1) is 0 Å². The summed E-state index contributed by atoms with van der Waals surface area (Å²) in [6.07, 6.45) is -0.825. The molecular formula is C17H17BrFNO4. The van der Waals surface area contributed by atoms with Crippen molar-refractivity contribution >= 4 is 27.7 Å². The summed E-state index contributed by atoms with van der Waals surface area (Å²) in [6.45, 7) is 4.95. The van der Waals surface area contributed by atoms with Crippen LogP contribution in [0.2, 0.25) is 0 Å². The van der Waals surface area contributed by atoms with E-state index in [0.29, 0.717) is 32.7 Å². The normalized spacial score (nSPS) is 11.9. The van der Waals surface area contributed by atoms with Gasteiger partial charge in [0.05, 0.1) is 22.8 Å². The largest absolute Gasteiger partial charge is 0.481 e. The number of benzene rings is 1. The molecule has 0 radical (unpaired) electrons. The molecule has 1 N–H and O–H groups in total.